The Kier molecular flexibility index (Phi) is 4.71. The highest BCUT2D eigenvalue weighted by molar-refractivity contribution is 7.80. The third-order valence-electron chi connectivity index (χ3n) is 6.02. The van der Waals surface area contributed by atoms with Crippen LogP contribution < -0.4 is 5.32 Å². The molecule has 2 N–H and O–H groups in total. The third-order valence-corrected chi connectivity index (χ3v) is 6.37. The smallest absolute Gasteiger partial charge is 0.418 e. The average Bonchev–Trinajstić information content (AvgIpc) is 3.26. The first kappa shape index (κ1) is 21.1. The van der Waals surface area contributed by atoms with Crippen LogP contribution in [0.2, 0.25) is 0 Å². The Labute approximate surface area is 174 Å². The topological polar surface area (TPSA) is 146 Å². The number of carbonyl (C=O) groups excluding carboxylic acids is 3. The Bertz CT molecular complexity index is 875. The fourth-order valence-corrected chi connectivity index (χ4v) is 4.76. The first-order valence-electron chi connectivity index (χ1n) is 9.83. The van der Waals surface area contributed by atoms with Gasteiger partial charge in [-0.05, 0) is 45.4 Å². The number of likely N-dealkylation sites (tertiary alicyclic amines) is 1. The molecule has 3 saturated heterocycles. The van der Waals surface area contributed by atoms with Gasteiger partial charge < -0.3 is 19.9 Å². The summed E-state index contributed by atoms with van der Waals surface area (Å²) in [5, 5.41) is 3.54. The molecule has 0 radical (unpaired) electrons. The minimum absolute atomic E-state index is 0.154. The normalized spacial score (nSPS) is 27.9. The molecule has 13 heteroatoms. The minimum atomic E-state index is -4.85. The molecule has 12 nitrogen and oxygen atoms in total. The van der Waals surface area contributed by atoms with Crippen molar-refractivity contribution in [2.24, 2.45) is 5.41 Å². The molecule has 4 aliphatic rings. The lowest BCUT2D eigenvalue weighted by Crippen LogP contribution is -2.64. The van der Waals surface area contributed by atoms with Gasteiger partial charge in [0.25, 0.3) is 0 Å². The van der Waals surface area contributed by atoms with Crippen molar-refractivity contribution in [2.75, 3.05) is 19.6 Å². The van der Waals surface area contributed by atoms with Gasteiger partial charge in [0.05, 0.1) is 12.1 Å². The van der Waals surface area contributed by atoms with Gasteiger partial charge in [-0.2, -0.15) is 13.5 Å². The Balaban J connectivity index is 1.37. The average molecular weight is 446 g/mol. The Morgan fingerprint density at radius 2 is 1.83 bits per heavy atom. The van der Waals surface area contributed by atoms with Crippen LogP contribution in [0.3, 0.4) is 0 Å². The maximum atomic E-state index is 12.9. The fraction of sp³-hybridized carbons (Fsp3) is 0.824. The monoisotopic (exact) mass is 446 g/mol. The number of urea groups is 1. The van der Waals surface area contributed by atoms with Gasteiger partial charge in [0.2, 0.25) is 5.91 Å². The molecule has 1 aliphatic carbocycles. The van der Waals surface area contributed by atoms with Gasteiger partial charge in [-0.15, -0.1) is 4.28 Å². The molecule has 1 saturated carbocycles. The van der Waals surface area contributed by atoms with Crippen molar-refractivity contribution in [3.8, 4) is 0 Å². The maximum Gasteiger partial charge on any atom is 0.418 e. The molecule has 4 amide bonds. The van der Waals surface area contributed by atoms with Crippen molar-refractivity contribution >= 4 is 28.4 Å². The molecule has 3 aliphatic heterocycles. The standard InChI is InChI=1S/C17H26N4O8S/c1-16(2,3)28-15(24)19-7-10(8-19)18-13(22)11-6-17(4-5-17)12-9-20(11)14(23)21(12)29-30(25,26)27/h10-12H,4-9H2,1-3H3,(H,18,22)(H,25,26,27)/t11-,12-/m0/s1. The zero-order valence-corrected chi connectivity index (χ0v) is 17.8. The van der Waals surface area contributed by atoms with E-state index in [1.165, 1.54) is 9.80 Å². The molecule has 0 aromatic heterocycles. The summed E-state index contributed by atoms with van der Waals surface area (Å²) in [6.45, 7) is 6.10. The number of hydrogen-bond acceptors (Lipinski definition) is 7. The van der Waals surface area contributed by atoms with Crippen molar-refractivity contribution in [1.82, 2.24) is 20.2 Å². The van der Waals surface area contributed by atoms with Gasteiger partial charge in [-0.3, -0.25) is 9.35 Å². The highest BCUT2D eigenvalue weighted by Gasteiger charge is 2.65. The number of piperidine rings is 1. The van der Waals surface area contributed by atoms with E-state index >= 15 is 0 Å². The lowest BCUT2D eigenvalue weighted by atomic mass is 9.85. The summed E-state index contributed by atoms with van der Waals surface area (Å²) in [6.07, 6.45) is 1.43. The number of hydrogen-bond donors (Lipinski definition) is 2. The SMILES string of the molecule is CC(C)(C)OC(=O)N1CC(NC(=O)[C@@H]2CC3(CC3)[C@@H]3CN2C(=O)N3OS(=O)(=O)O)C1. The summed E-state index contributed by atoms with van der Waals surface area (Å²) >= 11 is 0. The third kappa shape index (κ3) is 3.93. The summed E-state index contributed by atoms with van der Waals surface area (Å²) in [6, 6.07) is -2.30. The molecule has 0 aromatic rings. The van der Waals surface area contributed by atoms with Crippen molar-refractivity contribution in [2.45, 2.75) is 63.8 Å². The predicted octanol–water partition coefficient (Wildman–Crippen LogP) is 0.115. The molecule has 4 fully saturated rings. The lowest BCUT2D eigenvalue weighted by Gasteiger charge is -2.41. The summed E-state index contributed by atoms with van der Waals surface area (Å²) < 4.78 is 41.0. The largest absolute Gasteiger partial charge is 0.444 e. The summed E-state index contributed by atoms with van der Waals surface area (Å²) in [5.74, 6) is -0.351. The van der Waals surface area contributed by atoms with E-state index < -0.39 is 45.6 Å². The van der Waals surface area contributed by atoms with Gasteiger partial charge in [0, 0.05) is 19.6 Å². The zero-order chi connectivity index (χ0) is 22.1. The highest BCUT2D eigenvalue weighted by Crippen LogP contribution is 2.59. The van der Waals surface area contributed by atoms with E-state index in [0.717, 1.165) is 12.8 Å². The van der Waals surface area contributed by atoms with E-state index in [1.54, 1.807) is 20.8 Å². The lowest BCUT2D eigenvalue weighted by molar-refractivity contribution is -0.129. The van der Waals surface area contributed by atoms with Crippen LogP contribution in [0.15, 0.2) is 0 Å². The van der Waals surface area contributed by atoms with Crippen LogP contribution in [0.5, 0.6) is 0 Å². The van der Waals surface area contributed by atoms with E-state index in [2.05, 4.69) is 9.60 Å². The molecular weight excluding hydrogens is 420 g/mol. The summed E-state index contributed by atoms with van der Waals surface area (Å²) in [4.78, 5) is 40.3. The van der Waals surface area contributed by atoms with Crippen LogP contribution in [-0.4, -0.2) is 89.2 Å². The minimum Gasteiger partial charge on any atom is -0.444 e. The van der Waals surface area contributed by atoms with Crippen molar-refractivity contribution in [3.05, 3.63) is 0 Å². The second kappa shape index (κ2) is 6.69. The molecule has 30 heavy (non-hydrogen) atoms. The summed E-state index contributed by atoms with van der Waals surface area (Å²) in [7, 11) is -4.85. The number of fused-ring (bicyclic) bond motifs is 3. The van der Waals surface area contributed by atoms with Gasteiger partial charge >= 0.3 is 22.5 Å². The Morgan fingerprint density at radius 1 is 1.20 bits per heavy atom. The highest BCUT2D eigenvalue weighted by atomic mass is 32.3. The van der Waals surface area contributed by atoms with E-state index in [0.29, 0.717) is 24.6 Å². The number of carbonyl (C=O) groups is 3. The molecule has 0 unspecified atom stereocenters. The van der Waals surface area contributed by atoms with Crippen LogP contribution in [-0.2, 0) is 24.2 Å². The second-order valence-electron chi connectivity index (χ2n) is 9.45. The first-order chi connectivity index (χ1) is 13.8. The maximum absolute atomic E-state index is 12.9. The molecule has 4 rings (SSSR count). The number of nitrogens with one attached hydrogen (secondary N) is 1. The number of hydroxylamine groups is 2. The Hall–Kier alpha value is -2.12. The quantitative estimate of drug-likeness (QED) is 0.579. The van der Waals surface area contributed by atoms with Crippen LogP contribution in [0.25, 0.3) is 0 Å². The second-order valence-corrected chi connectivity index (χ2v) is 10.5. The van der Waals surface area contributed by atoms with Crippen molar-refractivity contribution < 1.29 is 36.4 Å². The molecule has 1 spiro atoms. The van der Waals surface area contributed by atoms with Gasteiger partial charge in [-0.25, -0.2) is 9.59 Å². The van der Waals surface area contributed by atoms with Crippen molar-refractivity contribution in [1.29, 1.82) is 0 Å². The molecule has 3 heterocycles. The predicted molar refractivity (Wildman–Crippen MR) is 100 cm³/mol. The van der Waals surface area contributed by atoms with E-state index in [-0.39, 0.29) is 18.5 Å². The van der Waals surface area contributed by atoms with Crippen molar-refractivity contribution in [3.63, 3.8) is 0 Å². The molecular formula is C17H26N4O8S. The van der Waals surface area contributed by atoms with Crippen LogP contribution in [0.1, 0.15) is 40.0 Å². The van der Waals surface area contributed by atoms with Crippen LogP contribution in [0, 0.1) is 5.41 Å². The summed E-state index contributed by atoms with van der Waals surface area (Å²) in [5.41, 5.74) is -0.994. The number of nitrogens with zero attached hydrogens (tertiary/aromatic N) is 3. The van der Waals surface area contributed by atoms with E-state index in [4.69, 9.17) is 9.29 Å². The Morgan fingerprint density at radius 3 is 2.37 bits per heavy atom. The fourth-order valence-electron chi connectivity index (χ4n) is 4.39. The van der Waals surface area contributed by atoms with E-state index in [9.17, 15) is 22.8 Å². The zero-order valence-electron chi connectivity index (χ0n) is 17.0. The van der Waals surface area contributed by atoms with Gasteiger partial charge in [-0.1, -0.05) is 0 Å². The number of ether oxygens (including phenoxy) is 1. The number of amides is 4. The molecule has 0 aromatic carbocycles. The van der Waals surface area contributed by atoms with Crippen LogP contribution >= 0.6 is 0 Å². The molecule has 168 valence electrons. The number of rotatable bonds is 4. The van der Waals surface area contributed by atoms with Gasteiger partial charge in [0.1, 0.15) is 11.6 Å². The molecule has 2 bridgehead atoms. The van der Waals surface area contributed by atoms with E-state index in [1.807, 2.05) is 0 Å². The van der Waals surface area contributed by atoms with Crippen LogP contribution in [0.4, 0.5) is 9.59 Å². The first-order valence-corrected chi connectivity index (χ1v) is 11.2. The molecule has 2 atom stereocenters. The van der Waals surface area contributed by atoms with Gasteiger partial charge in [0.15, 0.2) is 0 Å².